The number of carbonyl (C=O) groups is 2. The standard InChI is InChI=1S/C15H17N5O3/c1-23-11-6-10-8-16-9-20(10)12(7-11)19-4-2-15(3-5-19)13(21)17-14(22)18-15/h6-9H,2-5H2,1H3,(H2,17,18,21,22). The van der Waals surface area contributed by atoms with Gasteiger partial charge in [0, 0.05) is 25.2 Å². The lowest BCUT2D eigenvalue weighted by molar-refractivity contribution is -0.124. The summed E-state index contributed by atoms with van der Waals surface area (Å²) in [4.78, 5) is 29.8. The van der Waals surface area contributed by atoms with E-state index in [0.29, 0.717) is 25.9 Å². The average molecular weight is 315 g/mol. The van der Waals surface area contributed by atoms with Crippen molar-refractivity contribution in [2.24, 2.45) is 0 Å². The molecule has 2 aromatic rings. The molecule has 0 radical (unpaired) electrons. The number of nitrogens with one attached hydrogen (secondary N) is 2. The zero-order chi connectivity index (χ0) is 16.0. The van der Waals surface area contributed by atoms with E-state index in [1.165, 1.54) is 0 Å². The third kappa shape index (κ3) is 2.09. The number of imide groups is 1. The molecular formula is C15H17N5O3. The van der Waals surface area contributed by atoms with E-state index in [2.05, 4.69) is 20.5 Å². The topological polar surface area (TPSA) is 88.0 Å². The maximum absolute atomic E-state index is 12.0. The van der Waals surface area contributed by atoms with E-state index in [-0.39, 0.29) is 5.91 Å². The van der Waals surface area contributed by atoms with Crippen molar-refractivity contribution in [3.05, 3.63) is 24.7 Å². The number of nitrogens with zero attached hydrogens (tertiary/aromatic N) is 3. The van der Waals surface area contributed by atoms with E-state index in [1.807, 2.05) is 16.5 Å². The molecule has 2 aliphatic rings. The monoisotopic (exact) mass is 315 g/mol. The van der Waals surface area contributed by atoms with E-state index in [1.54, 1.807) is 19.6 Å². The minimum atomic E-state index is -0.763. The van der Waals surface area contributed by atoms with Gasteiger partial charge >= 0.3 is 6.03 Å². The van der Waals surface area contributed by atoms with E-state index in [9.17, 15) is 9.59 Å². The van der Waals surface area contributed by atoms with Crippen LogP contribution in [0.15, 0.2) is 24.7 Å². The first kappa shape index (κ1) is 13.9. The molecular weight excluding hydrogens is 298 g/mol. The Morgan fingerprint density at radius 2 is 2.04 bits per heavy atom. The van der Waals surface area contributed by atoms with Crippen LogP contribution in [0.3, 0.4) is 0 Å². The molecule has 1 spiro atoms. The van der Waals surface area contributed by atoms with Gasteiger partial charge in [0.05, 0.1) is 18.8 Å². The predicted octanol–water partition coefficient (Wildman–Crippen LogP) is 0.521. The van der Waals surface area contributed by atoms with Crippen LogP contribution in [0.25, 0.3) is 5.52 Å². The molecule has 120 valence electrons. The number of fused-ring (bicyclic) bond motifs is 1. The first-order valence-corrected chi connectivity index (χ1v) is 7.50. The minimum absolute atomic E-state index is 0.222. The molecule has 0 aromatic carbocycles. The first-order valence-electron chi connectivity index (χ1n) is 7.50. The highest BCUT2D eigenvalue weighted by Gasteiger charge is 2.48. The molecule has 2 aromatic heterocycles. The summed E-state index contributed by atoms with van der Waals surface area (Å²) in [5.74, 6) is 1.51. The van der Waals surface area contributed by atoms with Crippen LogP contribution < -0.4 is 20.3 Å². The molecule has 23 heavy (non-hydrogen) atoms. The third-order valence-electron chi connectivity index (χ3n) is 4.67. The van der Waals surface area contributed by atoms with E-state index >= 15 is 0 Å². The third-order valence-corrected chi connectivity index (χ3v) is 4.67. The maximum atomic E-state index is 12.0. The zero-order valence-corrected chi connectivity index (χ0v) is 12.7. The van der Waals surface area contributed by atoms with Crippen LogP contribution in [0.5, 0.6) is 5.75 Å². The largest absolute Gasteiger partial charge is 0.497 e. The molecule has 4 heterocycles. The van der Waals surface area contributed by atoms with Gasteiger partial charge in [0.25, 0.3) is 5.91 Å². The second-order valence-corrected chi connectivity index (χ2v) is 5.92. The highest BCUT2D eigenvalue weighted by Crippen LogP contribution is 2.31. The van der Waals surface area contributed by atoms with Crippen LogP contribution in [-0.2, 0) is 4.79 Å². The molecule has 8 heteroatoms. The van der Waals surface area contributed by atoms with Gasteiger partial charge in [-0.3, -0.25) is 14.5 Å². The molecule has 2 saturated heterocycles. The summed E-state index contributed by atoms with van der Waals surface area (Å²) in [5, 5.41) is 5.11. The van der Waals surface area contributed by atoms with Crippen LogP contribution >= 0.6 is 0 Å². The van der Waals surface area contributed by atoms with Crippen molar-refractivity contribution in [1.29, 1.82) is 0 Å². The van der Waals surface area contributed by atoms with Crippen LogP contribution in [0.4, 0.5) is 10.6 Å². The Balaban J connectivity index is 1.63. The lowest BCUT2D eigenvalue weighted by atomic mass is 9.88. The highest BCUT2D eigenvalue weighted by atomic mass is 16.5. The van der Waals surface area contributed by atoms with Gasteiger partial charge in [-0.2, -0.15) is 0 Å². The zero-order valence-electron chi connectivity index (χ0n) is 12.7. The van der Waals surface area contributed by atoms with Crippen molar-refractivity contribution < 1.29 is 14.3 Å². The summed E-state index contributed by atoms with van der Waals surface area (Å²) in [7, 11) is 1.63. The predicted molar refractivity (Wildman–Crippen MR) is 82.6 cm³/mol. The van der Waals surface area contributed by atoms with Crippen LogP contribution in [0.1, 0.15) is 12.8 Å². The van der Waals surface area contributed by atoms with Gasteiger partial charge in [0.2, 0.25) is 0 Å². The Kier molecular flexibility index (Phi) is 2.93. The SMILES string of the molecule is COc1cc(N2CCC3(CC2)NC(=O)NC3=O)n2cncc2c1. The van der Waals surface area contributed by atoms with Crippen molar-refractivity contribution in [1.82, 2.24) is 20.0 Å². The number of aromatic nitrogens is 2. The number of urea groups is 1. The molecule has 0 unspecified atom stereocenters. The average Bonchev–Trinajstić information content (AvgIpc) is 3.12. The summed E-state index contributed by atoms with van der Waals surface area (Å²) in [5.41, 5.74) is 0.187. The molecule has 0 bridgehead atoms. The number of anilines is 1. The van der Waals surface area contributed by atoms with Gasteiger partial charge in [-0.05, 0) is 12.8 Å². The summed E-state index contributed by atoms with van der Waals surface area (Å²) in [6.45, 7) is 1.32. The van der Waals surface area contributed by atoms with Crippen molar-refractivity contribution in [3.8, 4) is 5.75 Å². The van der Waals surface area contributed by atoms with E-state index in [0.717, 1.165) is 17.1 Å². The lowest BCUT2D eigenvalue weighted by Gasteiger charge is -2.38. The molecule has 2 aliphatic heterocycles. The Hall–Kier alpha value is -2.77. The van der Waals surface area contributed by atoms with E-state index in [4.69, 9.17) is 4.74 Å². The Morgan fingerprint density at radius 3 is 2.70 bits per heavy atom. The molecule has 3 amide bonds. The van der Waals surface area contributed by atoms with E-state index < -0.39 is 11.6 Å². The van der Waals surface area contributed by atoms with Crippen molar-refractivity contribution in [2.45, 2.75) is 18.4 Å². The summed E-state index contributed by atoms with van der Waals surface area (Å²) in [6.07, 6.45) is 4.68. The van der Waals surface area contributed by atoms with Crippen LogP contribution in [0, 0.1) is 0 Å². The fourth-order valence-corrected chi connectivity index (χ4v) is 3.35. The van der Waals surface area contributed by atoms with Crippen LogP contribution in [-0.4, -0.2) is 47.1 Å². The number of pyridine rings is 1. The number of amides is 3. The minimum Gasteiger partial charge on any atom is -0.497 e. The molecule has 8 nitrogen and oxygen atoms in total. The molecule has 4 rings (SSSR count). The number of piperidine rings is 1. The lowest BCUT2D eigenvalue weighted by Crippen LogP contribution is -2.55. The Bertz CT molecular complexity index is 792. The Morgan fingerprint density at radius 1 is 1.26 bits per heavy atom. The molecule has 0 aliphatic carbocycles. The molecule has 0 atom stereocenters. The second kappa shape index (κ2) is 4.87. The number of methoxy groups -OCH3 is 1. The van der Waals surface area contributed by atoms with Gasteiger partial charge in [-0.25, -0.2) is 9.78 Å². The number of hydrogen-bond donors (Lipinski definition) is 2. The fourth-order valence-electron chi connectivity index (χ4n) is 3.35. The highest BCUT2D eigenvalue weighted by molar-refractivity contribution is 6.07. The molecule has 0 saturated carbocycles. The van der Waals surface area contributed by atoms with Gasteiger partial charge in [0.15, 0.2) is 0 Å². The van der Waals surface area contributed by atoms with Crippen molar-refractivity contribution >= 4 is 23.3 Å². The summed E-state index contributed by atoms with van der Waals surface area (Å²) >= 11 is 0. The van der Waals surface area contributed by atoms with Gasteiger partial charge in [0.1, 0.15) is 23.4 Å². The smallest absolute Gasteiger partial charge is 0.322 e. The van der Waals surface area contributed by atoms with Gasteiger partial charge in [-0.1, -0.05) is 0 Å². The summed E-state index contributed by atoms with van der Waals surface area (Å²) in [6, 6.07) is 3.48. The molecule has 2 N–H and O–H groups in total. The Labute approximate surface area is 132 Å². The quantitative estimate of drug-likeness (QED) is 0.789. The summed E-state index contributed by atoms with van der Waals surface area (Å²) < 4.78 is 7.35. The number of carbonyl (C=O) groups excluding carboxylic acids is 2. The maximum Gasteiger partial charge on any atom is 0.322 e. The fraction of sp³-hybridized carbons (Fsp3) is 0.400. The normalized spacial score (nSPS) is 20.0. The first-order chi connectivity index (χ1) is 11.1. The van der Waals surface area contributed by atoms with Gasteiger partial charge < -0.3 is 15.0 Å². The van der Waals surface area contributed by atoms with Crippen molar-refractivity contribution in [3.63, 3.8) is 0 Å². The number of ether oxygens (including phenoxy) is 1. The van der Waals surface area contributed by atoms with Crippen LogP contribution in [0.2, 0.25) is 0 Å². The van der Waals surface area contributed by atoms with Crippen molar-refractivity contribution in [2.75, 3.05) is 25.1 Å². The van der Waals surface area contributed by atoms with Gasteiger partial charge in [-0.15, -0.1) is 0 Å². The molecule has 2 fully saturated rings. The number of rotatable bonds is 2. The number of imidazole rings is 1. The number of hydrogen-bond acceptors (Lipinski definition) is 5. The second-order valence-electron chi connectivity index (χ2n) is 5.92.